The van der Waals surface area contributed by atoms with E-state index in [0.29, 0.717) is 29.5 Å². The van der Waals surface area contributed by atoms with Gasteiger partial charge in [0.2, 0.25) is 0 Å². The Labute approximate surface area is 167 Å². The lowest BCUT2D eigenvalue weighted by Crippen LogP contribution is -2.28. The summed E-state index contributed by atoms with van der Waals surface area (Å²) in [5.74, 6) is -1.71. The van der Waals surface area contributed by atoms with Gasteiger partial charge in [0.05, 0.1) is 11.6 Å². The van der Waals surface area contributed by atoms with E-state index in [-0.39, 0.29) is 11.6 Å². The van der Waals surface area contributed by atoms with E-state index < -0.39 is 17.5 Å². The number of aromatic amines is 1. The first kappa shape index (κ1) is 19.2. The lowest BCUT2D eigenvalue weighted by Gasteiger charge is -2.17. The summed E-state index contributed by atoms with van der Waals surface area (Å²) in [5, 5.41) is 7.01. The summed E-state index contributed by atoms with van der Waals surface area (Å²) in [6.45, 7) is 8.94. The van der Waals surface area contributed by atoms with Gasteiger partial charge < -0.3 is 15.6 Å². The number of hydrogen-bond donors (Lipinski definition) is 3. The van der Waals surface area contributed by atoms with Crippen LogP contribution < -0.4 is 10.6 Å². The van der Waals surface area contributed by atoms with Gasteiger partial charge in [0.1, 0.15) is 17.5 Å². The van der Waals surface area contributed by atoms with Crippen molar-refractivity contribution in [1.29, 1.82) is 0 Å². The molecule has 0 aliphatic carbocycles. The van der Waals surface area contributed by atoms with Crippen molar-refractivity contribution in [3.63, 3.8) is 0 Å². The smallest absolute Gasteiger partial charge is 0.150 e. The van der Waals surface area contributed by atoms with Gasteiger partial charge in [-0.2, -0.15) is 0 Å². The molecule has 1 unspecified atom stereocenters. The molecule has 1 saturated heterocycles. The third-order valence-corrected chi connectivity index (χ3v) is 5.31. The molecule has 6 heteroatoms. The molecule has 3 aromatic rings. The zero-order valence-electron chi connectivity index (χ0n) is 15.9. The van der Waals surface area contributed by atoms with Crippen molar-refractivity contribution in [2.75, 3.05) is 6.54 Å². The molecule has 0 bridgehead atoms. The number of rotatable bonds is 6. The van der Waals surface area contributed by atoms with Crippen LogP contribution in [0.5, 0.6) is 0 Å². The summed E-state index contributed by atoms with van der Waals surface area (Å²) < 4.78 is 42.0. The lowest BCUT2D eigenvalue weighted by molar-refractivity contribution is 0.591. The van der Waals surface area contributed by atoms with Crippen molar-refractivity contribution in [3.8, 4) is 11.3 Å². The number of fused-ring (bicyclic) bond motifs is 1. The van der Waals surface area contributed by atoms with Crippen LogP contribution in [0.4, 0.5) is 13.2 Å². The molecule has 0 radical (unpaired) electrons. The van der Waals surface area contributed by atoms with Crippen LogP contribution in [0.2, 0.25) is 0 Å². The van der Waals surface area contributed by atoms with Crippen LogP contribution in [0, 0.1) is 17.5 Å². The van der Waals surface area contributed by atoms with Crippen LogP contribution in [-0.2, 0) is 6.42 Å². The Bertz CT molecular complexity index is 1100. The summed E-state index contributed by atoms with van der Waals surface area (Å²) in [7, 11) is 0. The predicted molar refractivity (Wildman–Crippen MR) is 110 cm³/mol. The molecule has 2 heterocycles. The van der Waals surface area contributed by atoms with E-state index in [4.69, 9.17) is 0 Å². The highest BCUT2D eigenvalue weighted by Gasteiger charge is 2.20. The van der Waals surface area contributed by atoms with Gasteiger partial charge >= 0.3 is 0 Å². The summed E-state index contributed by atoms with van der Waals surface area (Å²) in [6.07, 6.45) is 1.99. The number of nitrogens with one attached hydrogen (secondary N) is 3. The monoisotopic (exact) mass is 397 g/mol. The number of allylic oxidation sites excluding steroid dienone is 1. The van der Waals surface area contributed by atoms with Crippen LogP contribution in [0.1, 0.15) is 18.4 Å². The van der Waals surface area contributed by atoms with E-state index in [1.165, 1.54) is 18.2 Å². The first-order valence-electron chi connectivity index (χ1n) is 9.55. The second kappa shape index (κ2) is 7.70. The van der Waals surface area contributed by atoms with Crippen LogP contribution in [-0.4, -0.2) is 17.6 Å². The SMILES string of the molecule is C=C(CCc1c(-c2cccc(F)c2)[nH]c2c(F)cc(F)cc12)NC1CCNC1=C. The summed E-state index contributed by atoms with van der Waals surface area (Å²) in [5.41, 5.74) is 3.87. The largest absolute Gasteiger partial charge is 0.387 e. The second-order valence-corrected chi connectivity index (χ2v) is 7.34. The molecule has 150 valence electrons. The fraction of sp³-hybridized carbons (Fsp3) is 0.217. The summed E-state index contributed by atoms with van der Waals surface area (Å²) >= 11 is 0. The first-order valence-corrected chi connectivity index (χ1v) is 9.55. The highest BCUT2D eigenvalue weighted by Crippen LogP contribution is 2.34. The van der Waals surface area contributed by atoms with E-state index in [1.54, 1.807) is 12.1 Å². The molecule has 1 aliphatic rings. The Balaban J connectivity index is 1.67. The molecule has 3 N–H and O–H groups in total. The molecule has 3 nitrogen and oxygen atoms in total. The Morgan fingerprint density at radius 3 is 2.69 bits per heavy atom. The maximum Gasteiger partial charge on any atom is 0.150 e. The number of aromatic nitrogens is 1. The molecule has 29 heavy (non-hydrogen) atoms. The minimum absolute atomic E-state index is 0.128. The van der Waals surface area contributed by atoms with E-state index in [2.05, 4.69) is 28.8 Å². The Morgan fingerprint density at radius 2 is 1.97 bits per heavy atom. The molecular formula is C23H22F3N3. The average Bonchev–Trinajstić information content (AvgIpc) is 3.24. The topological polar surface area (TPSA) is 39.9 Å². The van der Waals surface area contributed by atoms with E-state index in [9.17, 15) is 13.2 Å². The molecule has 2 aromatic carbocycles. The normalized spacial score (nSPS) is 16.2. The number of halogens is 3. The highest BCUT2D eigenvalue weighted by atomic mass is 19.1. The summed E-state index contributed by atoms with van der Waals surface area (Å²) in [4.78, 5) is 3.02. The highest BCUT2D eigenvalue weighted by molar-refractivity contribution is 5.91. The van der Waals surface area contributed by atoms with Crippen LogP contribution in [0.25, 0.3) is 22.2 Å². The van der Waals surface area contributed by atoms with Gasteiger partial charge in [-0.05, 0) is 43.0 Å². The average molecular weight is 397 g/mol. The van der Waals surface area contributed by atoms with Crippen molar-refractivity contribution in [3.05, 3.63) is 84.0 Å². The third kappa shape index (κ3) is 3.88. The van der Waals surface area contributed by atoms with Gasteiger partial charge in [-0.1, -0.05) is 25.3 Å². The number of H-pyrrole nitrogens is 1. The Hall–Kier alpha value is -3.15. The molecule has 4 rings (SSSR count). The molecule has 1 aromatic heterocycles. The quantitative estimate of drug-likeness (QED) is 0.537. The predicted octanol–water partition coefficient (Wildman–Crippen LogP) is 5.16. The van der Waals surface area contributed by atoms with Gasteiger partial charge in [0.25, 0.3) is 0 Å². The second-order valence-electron chi connectivity index (χ2n) is 7.34. The van der Waals surface area contributed by atoms with Gasteiger partial charge in [0.15, 0.2) is 0 Å². The molecule has 0 amide bonds. The maximum absolute atomic E-state index is 14.4. The van der Waals surface area contributed by atoms with Gasteiger partial charge in [-0.3, -0.25) is 0 Å². The number of aryl methyl sites for hydroxylation is 1. The first-order chi connectivity index (χ1) is 13.9. The minimum atomic E-state index is -0.672. The molecule has 1 fully saturated rings. The third-order valence-electron chi connectivity index (χ3n) is 5.31. The van der Waals surface area contributed by atoms with Crippen molar-refractivity contribution >= 4 is 10.9 Å². The Kier molecular flexibility index (Phi) is 5.09. The number of benzene rings is 2. The van der Waals surface area contributed by atoms with Crippen molar-refractivity contribution in [2.45, 2.75) is 25.3 Å². The molecular weight excluding hydrogens is 375 g/mol. The van der Waals surface area contributed by atoms with E-state index in [0.717, 1.165) is 36.0 Å². The Morgan fingerprint density at radius 1 is 1.14 bits per heavy atom. The molecule has 1 aliphatic heterocycles. The zero-order chi connectivity index (χ0) is 20.5. The van der Waals surface area contributed by atoms with Crippen LogP contribution in [0.3, 0.4) is 0 Å². The van der Waals surface area contributed by atoms with Gasteiger partial charge in [-0.25, -0.2) is 13.2 Å². The fourth-order valence-electron chi connectivity index (χ4n) is 3.85. The van der Waals surface area contributed by atoms with E-state index >= 15 is 0 Å². The fourth-order valence-corrected chi connectivity index (χ4v) is 3.85. The van der Waals surface area contributed by atoms with Crippen LogP contribution >= 0.6 is 0 Å². The summed E-state index contributed by atoms with van der Waals surface area (Å²) in [6, 6.07) is 8.35. The van der Waals surface area contributed by atoms with Crippen LogP contribution in [0.15, 0.2) is 61.0 Å². The number of hydrogen-bond acceptors (Lipinski definition) is 2. The molecule has 1 atom stereocenters. The minimum Gasteiger partial charge on any atom is -0.387 e. The lowest BCUT2D eigenvalue weighted by atomic mass is 10.00. The van der Waals surface area contributed by atoms with Crippen molar-refractivity contribution in [2.24, 2.45) is 0 Å². The molecule has 0 saturated carbocycles. The van der Waals surface area contributed by atoms with Gasteiger partial charge in [-0.15, -0.1) is 0 Å². The maximum atomic E-state index is 14.4. The zero-order valence-corrected chi connectivity index (χ0v) is 15.9. The molecule has 0 spiro atoms. The van der Waals surface area contributed by atoms with Crippen molar-refractivity contribution < 1.29 is 13.2 Å². The van der Waals surface area contributed by atoms with E-state index in [1.807, 2.05) is 0 Å². The standard InChI is InChI=1S/C23H22F3N3/c1-13(28-21-8-9-27-14(21)2)6-7-18-19-11-17(25)12-20(26)23(19)29-22(18)15-4-3-5-16(24)10-15/h3-5,10-12,21,27-29H,1-2,6-9H2. The van der Waals surface area contributed by atoms with Crippen molar-refractivity contribution in [1.82, 2.24) is 15.6 Å². The van der Waals surface area contributed by atoms with Gasteiger partial charge in [0, 0.05) is 40.6 Å².